The second kappa shape index (κ2) is 10.6. The molecule has 3 heterocycles. The van der Waals surface area contributed by atoms with Crippen LogP contribution in [-0.2, 0) is 28.6 Å². The summed E-state index contributed by atoms with van der Waals surface area (Å²) in [4.78, 5) is 7.13. The maximum atomic E-state index is 13.6. The number of piperazine rings is 1. The standard InChI is InChI=1S/C32H36N4O2S/c1-3-22-10-7-13-26-28(19-34-31(22)26)30(29-20-35-32-23(4-2)11-8-14-27(29)32)25-12-6-5-9-24(25)21-39(37,38)36-17-15-33-16-18-36/h5-14,19-20,30,33-35H,3-4,15-18,21H2,1-2H3. The molecule has 0 radical (unpaired) electrons. The number of fused-ring (bicyclic) bond motifs is 2. The number of aromatic nitrogens is 2. The summed E-state index contributed by atoms with van der Waals surface area (Å²) < 4.78 is 28.8. The lowest BCUT2D eigenvalue weighted by Gasteiger charge is -2.28. The number of para-hydroxylation sites is 2. The predicted octanol–water partition coefficient (Wildman–Crippen LogP) is 5.69. The normalized spacial score (nSPS) is 15.1. The number of rotatable bonds is 8. The molecule has 1 saturated heterocycles. The van der Waals surface area contributed by atoms with Crippen molar-refractivity contribution in [3.63, 3.8) is 0 Å². The number of sulfonamides is 1. The number of hydrogen-bond acceptors (Lipinski definition) is 3. The minimum absolute atomic E-state index is 0.00912. The molecule has 202 valence electrons. The average molecular weight is 541 g/mol. The molecule has 1 aliphatic heterocycles. The molecule has 0 amide bonds. The summed E-state index contributed by atoms with van der Waals surface area (Å²) in [6.45, 7) is 6.75. The molecule has 2 aromatic heterocycles. The van der Waals surface area contributed by atoms with Crippen molar-refractivity contribution in [1.29, 1.82) is 0 Å². The van der Waals surface area contributed by atoms with Gasteiger partial charge in [-0.15, -0.1) is 0 Å². The lowest BCUT2D eigenvalue weighted by atomic mass is 9.82. The fourth-order valence-corrected chi connectivity index (χ4v) is 7.78. The Bertz CT molecular complexity index is 1650. The van der Waals surface area contributed by atoms with Crippen LogP contribution in [0.15, 0.2) is 73.1 Å². The monoisotopic (exact) mass is 540 g/mol. The van der Waals surface area contributed by atoms with Crippen LogP contribution in [-0.4, -0.2) is 48.9 Å². The molecule has 0 atom stereocenters. The Balaban J connectivity index is 1.56. The first-order chi connectivity index (χ1) is 19.0. The number of benzene rings is 3. The average Bonchev–Trinajstić information content (AvgIpc) is 3.59. The molecular weight excluding hydrogens is 504 g/mol. The van der Waals surface area contributed by atoms with Crippen LogP contribution < -0.4 is 5.32 Å². The van der Waals surface area contributed by atoms with Gasteiger partial charge in [0.05, 0.1) is 5.75 Å². The van der Waals surface area contributed by atoms with Crippen LogP contribution in [0, 0.1) is 0 Å². The third-order valence-corrected chi connectivity index (χ3v) is 10.1. The second-order valence-electron chi connectivity index (χ2n) is 10.4. The molecule has 3 aromatic carbocycles. The van der Waals surface area contributed by atoms with Crippen LogP contribution in [0.4, 0.5) is 0 Å². The molecule has 6 nitrogen and oxygen atoms in total. The van der Waals surface area contributed by atoms with Gasteiger partial charge >= 0.3 is 0 Å². The minimum Gasteiger partial charge on any atom is -0.361 e. The van der Waals surface area contributed by atoms with Crippen molar-refractivity contribution in [3.8, 4) is 0 Å². The first-order valence-corrected chi connectivity index (χ1v) is 15.6. The van der Waals surface area contributed by atoms with Gasteiger partial charge in [0.15, 0.2) is 0 Å². The molecular formula is C32H36N4O2S. The van der Waals surface area contributed by atoms with Crippen molar-refractivity contribution < 1.29 is 8.42 Å². The van der Waals surface area contributed by atoms with Crippen molar-refractivity contribution in [3.05, 3.63) is 106 Å². The Morgan fingerprint density at radius 2 is 1.26 bits per heavy atom. The first-order valence-electron chi connectivity index (χ1n) is 14.0. The van der Waals surface area contributed by atoms with Crippen molar-refractivity contribution >= 4 is 31.8 Å². The molecule has 0 bridgehead atoms. The van der Waals surface area contributed by atoms with Crippen molar-refractivity contribution in [2.75, 3.05) is 26.2 Å². The van der Waals surface area contributed by atoms with Crippen LogP contribution in [0.2, 0.25) is 0 Å². The summed E-state index contributed by atoms with van der Waals surface area (Å²) in [5.41, 5.74) is 9.06. The molecule has 3 N–H and O–H groups in total. The van der Waals surface area contributed by atoms with Gasteiger partial charge in [0, 0.05) is 66.3 Å². The van der Waals surface area contributed by atoms with E-state index in [4.69, 9.17) is 0 Å². The van der Waals surface area contributed by atoms with E-state index in [1.54, 1.807) is 4.31 Å². The summed E-state index contributed by atoms with van der Waals surface area (Å²) in [7, 11) is -3.46. The predicted molar refractivity (Wildman–Crippen MR) is 160 cm³/mol. The molecule has 6 rings (SSSR count). The van der Waals surface area contributed by atoms with E-state index < -0.39 is 10.0 Å². The van der Waals surface area contributed by atoms with E-state index in [1.807, 2.05) is 18.2 Å². The highest BCUT2D eigenvalue weighted by atomic mass is 32.2. The van der Waals surface area contributed by atoms with E-state index in [0.29, 0.717) is 26.2 Å². The van der Waals surface area contributed by atoms with E-state index in [0.717, 1.165) is 46.1 Å². The Morgan fingerprint density at radius 1 is 0.718 bits per heavy atom. The molecule has 7 heteroatoms. The Kier molecular flexibility index (Phi) is 7.06. The number of aryl methyl sites for hydroxylation is 2. The highest BCUT2D eigenvalue weighted by molar-refractivity contribution is 7.88. The second-order valence-corrected chi connectivity index (χ2v) is 12.4. The number of nitrogens with zero attached hydrogens (tertiary/aromatic N) is 1. The fraction of sp³-hybridized carbons (Fsp3) is 0.312. The minimum atomic E-state index is -3.46. The van der Waals surface area contributed by atoms with Gasteiger partial charge in [-0.1, -0.05) is 74.5 Å². The molecule has 5 aromatic rings. The lowest BCUT2D eigenvalue weighted by molar-refractivity contribution is 0.359. The third kappa shape index (κ3) is 4.69. The van der Waals surface area contributed by atoms with E-state index in [9.17, 15) is 8.42 Å². The Morgan fingerprint density at radius 3 is 1.82 bits per heavy atom. The summed E-state index contributed by atoms with van der Waals surface area (Å²) in [5, 5.41) is 5.62. The van der Waals surface area contributed by atoms with Crippen molar-refractivity contribution in [2.24, 2.45) is 0 Å². The number of aromatic amines is 2. The van der Waals surface area contributed by atoms with E-state index in [1.165, 1.54) is 21.9 Å². The number of hydrogen-bond donors (Lipinski definition) is 3. The number of H-pyrrole nitrogens is 2. The SMILES string of the molecule is CCc1cccc2c(C(c3ccccc3CS(=O)(=O)N3CCNCC3)c3c[nH]c4c(CC)cccc34)c[nH]c12. The topological polar surface area (TPSA) is 81.0 Å². The van der Waals surface area contributed by atoms with Gasteiger partial charge in [-0.3, -0.25) is 0 Å². The summed E-state index contributed by atoms with van der Waals surface area (Å²) >= 11 is 0. The Labute approximate surface area is 230 Å². The summed E-state index contributed by atoms with van der Waals surface area (Å²) in [6.07, 6.45) is 6.13. The Hall–Kier alpha value is -3.39. The van der Waals surface area contributed by atoms with Crippen LogP contribution >= 0.6 is 0 Å². The van der Waals surface area contributed by atoms with Gasteiger partial charge in [-0.2, -0.15) is 4.31 Å². The zero-order valence-corrected chi connectivity index (χ0v) is 23.4. The molecule has 1 aliphatic rings. The maximum Gasteiger partial charge on any atom is 0.218 e. The van der Waals surface area contributed by atoms with Crippen LogP contribution in [0.3, 0.4) is 0 Å². The third-order valence-electron chi connectivity index (χ3n) is 8.22. The van der Waals surface area contributed by atoms with E-state index >= 15 is 0 Å². The molecule has 0 spiro atoms. The van der Waals surface area contributed by atoms with Crippen LogP contribution in [0.1, 0.15) is 53.1 Å². The van der Waals surface area contributed by atoms with E-state index in [-0.39, 0.29) is 11.7 Å². The molecule has 39 heavy (non-hydrogen) atoms. The van der Waals surface area contributed by atoms with Crippen molar-refractivity contribution in [1.82, 2.24) is 19.6 Å². The fourth-order valence-electron chi connectivity index (χ4n) is 6.20. The smallest absolute Gasteiger partial charge is 0.218 e. The van der Waals surface area contributed by atoms with Crippen LogP contribution in [0.5, 0.6) is 0 Å². The lowest BCUT2D eigenvalue weighted by Crippen LogP contribution is -2.46. The van der Waals surface area contributed by atoms with Crippen molar-refractivity contribution in [2.45, 2.75) is 38.4 Å². The van der Waals surface area contributed by atoms with Gasteiger partial charge in [0.25, 0.3) is 0 Å². The molecule has 0 aliphatic carbocycles. The first kappa shape index (κ1) is 25.9. The number of nitrogens with one attached hydrogen (secondary N) is 3. The molecule has 1 fully saturated rings. The summed E-state index contributed by atoms with van der Waals surface area (Å²) in [6, 6.07) is 21.0. The zero-order chi connectivity index (χ0) is 27.0. The zero-order valence-electron chi connectivity index (χ0n) is 22.6. The van der Waals surface area contributed by atoms with Crippen LogP contribution in [0.25, 0.3) is 21.8 Å². The molecule has 0 unspecified atom stereocenters. The highest BCUT2D eigenvalue weighted by Crippen LogP contribution is 2.42. The van der Waals surface area contributed by atoms with Gasteiger partial charge in [-0.25, -0.2) is 8.42 Å². The molecule has 0 saturated carbocycles. The van der Waals surface area contributed by atoms with Gasteiger partial charge in [-0.05, 0) is 46.2 Å². The maximum absolute atomic E-state index is 13.6. The quantitative estimate of drug-likeness (QED) is 0.237. The largest absolute Gasteiger partial charge is 0.361 e. The highest BCUT2D eigenvalue weighted by Gasteiger charge is 2.29. The van der Waals surface area contributed by atoms with Gasteiger partial charge in [0.2, 0.25) is 10.0 Å². The van der Waals surface area contributed by atoms with E-state index in [2.05, 4.69) is 84.0 Å². The van der Waals surface area contributed by atoms with Gasteiger partial charge in [0.1, 0.15) is 0 Å². The summed E-state index contributed by atoms with van der Waals surface area (Å²) in [5.74, 6) is -0.147. The van der Waals surface area contributed by atoms with Gasteiger partial charge < -0.3 is 15.3 Å².